The summed E-state index contributed by atoms with van der Waals surface area (Å²) in [6.45, 7) is 7.51. The van der Waals surface area contributed by atoms with E-state index in [9.17, 15) is 4.79 Å². The van der Waals surface area contributed by atoms with Crippen molar-refractivity contribution in [1.29, 1.82) is 0 Å². The van der Waals surface area contributed by atoms with E-state index in [4.69, 9.17) is 4.74 Å². The summed E-state index contributed by atoms with van der Waals surface area (Å²) in [6, 6.07) is -0.535. The Hall–Kier alpha value is -2.07. The van der Waals surface area contributed by atoms with Crippen LogP contribution in [-0.4, -0.2) is 56.1 Å². The number of carbonyl (C=O) groups is 1. The van der Waals surface area contributed by atoms with Crippen LogP contribution in [-0.2, 0) is 10.2 Å². The highest BCUT2D eigenvalue weighted by atomic mass is 32.1. The summed E-state index contributed by atoms with van der Waals surface area (Å²) in [4.78, 5) is 18.4. The van der Waals surface area contributed by atoms with Crippen LogP contribution in [0, 0.1) is 0 Å². The van der Waals surface area contributed by atoms with Crippen molar-refractivity contribution in [2.75, 3.05) is 25.1 Å². The number of urea groups is 1. The van der Waals surface area contributed by atoms with E-state index in [1.807, 2.05) is 0 Å². The zero-order valence-electron chi connectivity index (χ0n) is 13.2. The molecule has 3 heterocycles. The van der Waals surface area contributed by atoms with Crippen LogP contribution in [0.4, 0.5) is 9.93 Å². The first-order chi connectivity index (χ1) is 10.9. The molecule has 0 radical (unpaired) electrons. The van der Waals surface area contributed by atoms with Crippen LogP contribution < -0.4 is 5.32 Å². The summed E-state index contributed by atoms with van der Waals surface area (Å²) in [6.07, 6.45) is 1.42. The van der Waals surface area contributed by atoms with Gasteiger partial charge in [0.25, 0.3) is 0 Å². The molecular formula is C13H19N7O2S. The maximum Gasteiger partial charge on any atom is 0.324 e. The number of aromatic amines is 1. The molecule has 2 aromatic heterocycles. The topological polar surface area (TPSA) is 109 Å². The molecule has 1 fully saturated rings. The lowest BCUT2D eigenvalue weighted by Gasteiger charge is -2.33. The summed E-state index contributed by atoms with van der Waals surface area (Å²) < 4.78 is 5.45. The normalized spacial score (nSPS) is 18.9. The predicted molar refractivity (Wildman–Crippen MR) is 84.3 cm³/mol. The number of anilines is 1. The van der Waals surface area contributed by atoms with Gasteiger partial charge in [0.05, 0.1) is 13.2 Å². The standard InChI is InChI=1S/C13H19N7O2S/c1-13(2,3)10-18-19-11(23-10)16-12(21)20-4-5-22-6-8(20)9-14-7-15-17-9/h7-8H,4-6H2,1-3H3,(H,14,15,17)(H,16,19,21)/t8-/m1/s1. The summed E-state index contributed by atoms with van der Waals surface area (Å²) in [5.41, 5.74) is -0.0953. The SMILES string of the molecule is CC(C)(C)c1nnc(NC(=O)N2CCOC[C@@H]2c2ncn[nH]2)s1. The highest BCUT2D eigenvalue weighted by molar-refractivity contribution is 7.15. The van der Waals surface area contributed by atoms with Crippen molar-refractivity contribution in [2.24, 2.45) is 0 Å². The fraction of sp³-hybridized carbons (Fsp3) is 0.615. The van der Waals surface area contributed by atoms with Gasteiger partial charge >= 0.3 is 6.03 Å². The number of aromatic nitrogens is 5. The summed E-state index contributed by atoms with van der Waals surface area (Å²) in [5, 5.41) is 19.0. The summed E-state index contributed by atoms with van der Waals surface area (Å²) in [5.74, 6) is 0.604. The smallest absolute Gasteiger partial charge is 0.324 e. The molecule has 0 aromatic carbocycles. The van der Waals surface area contributed by atoms with E-state index in [1.54, 1.807) is 4.90 Å². The number of rotatable bonds is 2. The van der Waals surface area contributed by atoms with Gasteiger partial charge in [0, 0.05) is 12.0 Å². The molecule has 2 aromatic rings. The fourth-order valence-corrected chi connectivity index (χ4v) is 2.98. The molecule has 1 saturated heterocycles. The minimum Gasteiger partial charge on any atom is -0.377 e. The summed E-state index contributed by atoms with van der Waals surface area (Å²) in [7, 11) is 0. The molecule has 0 aliphatic carbocycles. The van der Waals surface area contributed by atoms with Gasteiger partial charge in [-0.05, 0) is 0 Å². The van der Waals surface area contributed by atoms with Gasteiger partial charge in [0.2, 0.25) is 5.13 Å². The molecule has 0 bridgehead atoms. The zero-order chi connectivity index (χ0) is 16.4. The first kappa shape index (κ1) is 15.8. The summed E-state index contributed by atoms with van der Waals surface area (Å²) >= 11 is 1.38. The second-order valence-corrected chi connectivity index (χ2v) is 7.22. The lowest BCUT2D eigenvalue weighted by molar-refractivity contribution is 0.0118. The Labute approximate surface area is 137 Å². The van der Waals surface area contributed by atoms with Crippen LogP contribution in [0.5, 0.6) is 0 Å². The number of nitrogens with zero attached hydrogens (tertiary/aromatic N) is 5. The van der Waals surface area contributed by atoms with E-state index in [-0.39, 0.29) is 17.5 Å². The van der Waals surface area contributed by atoms with Crippen molar-refractivity contribution >= 4 is 22.5 Å². The van der Waals surface area contributed by atoms with Gasteiger partial charge in [-0.25, -0.2) is 9.78 Å². The molecule has 0 saturated carbocycles. The van der Waals surface area contributed by atoms with E-state index in [0.29, 0.717) is 30.7 Å². The Morgan fingerprint density at radius 3 is 2.96 bits per heavy atom. The number of amides is 2. The van der Waals surface area contributed by atoms with Gasteiger partial charge in [-0.3, -0.25) is 10.4 Å². The van der Waals surface area contributed by atoms with E-state index >= 15 is 0 Å². The van der Waals surface area contributed by atoms with Crippen molar-refractivity contribution in [3.8, 4) is 0 Å². The maximum absolute atomic E-state index is 12.6. The Balaban J connectivity index is 1.72. The molecule has 1 atom stereocenters. The molecule has 10 heteroatoms. The van der Waals surface area contributed by atoms with Gasteiger partial charge in [-0.2, -0.15) is 5.10 Å². The molecule has 9 nitrogen and oxygen atoms in total. The molecule has 23 heavy (non-hydrogen) atoms. The quantitative estimate of drug-likeness (QED) is 0.861. The third-order valence-corrected chi connectivity index (χ3v) is 4.68. The Kier molecular flexibility index (Phi) is 4.26. The van der Waals surface area contributed by atoms with Crippen molar-refractivity contribution in [3.63, 3.8) is 0 Å². The van der Waals surface area contributed by atoms with Crippen molar-refractivity contribution in [1.82, 2.24) is 30.3 Å². The van der Waals surface area contributed by atoms with Gasteiger partial charge in [-0.15, -0.1) is 10.2 Å². The largest absolute Gasteiger partial charge is 0.377 e. The van der Waals surface area contributed by atoms with E-state index in [1.165, 1.54) is 17.7 Å². The number of morpholine rings is 1. The number of carbonyl (C=O) groups excluding carboxylic acids is 1. The van der Waals surface area contributed by atoms with Crippen LogP contribution in [0.2, 0.25) is 0 Å². The minimum atomic E-state index is -0.291. The second-order valence-electron chi connectivity index (χ2n) is 6.25. The van der Waals surface area contributed by atoms with E-state index in [2.05, 4.69) is 51.5 Å². The molecule has 3 rings (SSSR count). The first-order valence-electron chi connectivity index (χ1n) is 7.30. The fourth-order valence-electron chi connectivity index (χ4n) is 2.19. The number of nitrogens with one attached hydrogen (secondary N) is 2. The number of ether oxygens (including phenoxy) is 1. The van der Waals surface area contributed by atoms with Crippen LogP contribution in [0.1, 0.15) is 37.6 Å². The third kappa shape index (κ3) is 3.48. The van der Waals surface area contributed by atoms with Crippen molar-refractivity contribution in [3.05, 3.63) is 17.2 Å². The maximum atomic E-state index is 12.6. The monoisotopic (exact) mass is 337 g/mol. The minimum absolute atomic E-state index is 0.0953. The average molecular weight is 337 g/mol. The van der Waals surface area contributed by atoms with Crippen LogP contribution in [0.3, 0.4) is 0 Å². The van der Waals surface area contributed by atoms with E-state index in [0.717, 1.165) is 5.01 Å². The second kappa shape index (κ2) is 6.20. The van der Waals surface area contributed by atoms with Gasteiger partial charge in [0.15, 0.2) is 0 Å². The van der Waals surface area contributed by atoms with Crippen LogP contribution >= 0.6 is 11.3 Å². The molecule has 1 aliphatic rings. The molecule has 0 unspecified atom stereocenters. The average Bonchev–Trinajstić information content (AvgIpc) is 3.18. The van der Waals surface area contributed by atoms with Gasteiger partial charge < -0.3 is 9.64 Å². The van der Waals surface area contributed by atoms with Gasteiger partial charge in [-0.1, -0.05) is 32.1 Å². The number of hydrogen-bond donors (Lipinski definition) is 2. The first-order valence-corrected chi connectivity index (χ1v) is 8.11. The molecule has 124 valence electrons. The lowest BCUT2D eigenvalue weighted by Crippen LogP contribution is -2.45. The van der Waals surface area contributed by atoms with Crippen LogP contribution in [0.15, 0.2) is 6.33 Å². The lowest BCUT2D eigenvalue weighted by atomic mass is 9.98. The molecule has 1 aliphatic heterocycles. The predicted octanol–water partition coefficient (Wildman–Crippen LogP) is 1.56. The Morgan fingerprint density at radius 1 is 1.48 bits per heavy atom. The molecule has 2 amide bonds. The molecule has 0 spiro atoms. The van der Waals surface area contributed by atoms with Crippen molar-refractivity contribution in [2.45, 2.75) is 32.2 Å². The number of H-pyrrole nitrogens is 1. The molecule has 2 N–H and O–H groups in total. The third-order valence-electron chi connectivity index (χ3n) is 3.42. The number of hydrogen-bond acceptors (Lipinski definition) is 7. The highest BCUT2D eigenvalue weighted by Crippen LogP contribution is 2.28. The Bertz CT molecular complexity index is 664. The van der Waals surface area contributed by atoms with Gasteiger partial charge in [0.1, 0.15) is 23.2 Å². The van der Waals surface area contributed by atoms with E-state index < -0.39 is 0 Å². The van der Waals surface area contributed by atoms with Crippen molar-refractivity contribution < 1.29 is 9.53 Å². The van der Waals surface area contributed by atoms with Crippen LogP contribution in [0.25, 0.3) is 0 Å². The highest BCUT2D eigenvalue weighted by Gasteiger charge is 2.31. The molecular weight excluding hydrogens is 318 g/mol. The Morgan fingerprint density at radius 2 is 2.30 bits per heavy atom. The zero-order valence-corrected chi connectivity index (χ0v) is 14.1.